The maximum absolute atomic E-state index is 10.8. The first kappa shape index (κ1) is 15.4. The van der Waals surface area contributed by atoms with E-state index in [1.54, 1.807) is 12.1 Å². The molecule has 0 spiro atoms. The highest BCUT2D eigenvalue weighted by atomic mass is 32.1. The Morgan fingerprint density at radius 2 is 1.62 bits per heavy atom. The second kappa shape index (κ2) is 7.15. The fraction of sp³-hybridized carbons (Fsp3) is 0.188. The van der Waals surface area contributed by atoms with Gasteiger partial charge in [0.2, 0.25) is 0 Å². The van der Waals surface area contributed by atoms with E-state index in [1.807, 2.05) is 36.4 Å². The van der Waals surface area contributed by atoms with Crippen LogP contribution < -0.4 is 11.1 Å². The van der Waals surface area contributed by atoms with Crippen molar-refractivity contribution in [1.29, 1.82) is 0 Å². The van der Waals surface area contributed by atoms with E-state index in [0.29, 0.717) is 12.3 Å². The monoisotopic (exact) mass is 302 g/mol. The molecule has 2 aromatic carbocycles. The lowest BCUT2D eigenvalue weighted by Gasteiger charge is -2.11. The fourth-order valence-corrected chi connectivity index (χ4v) is 2.03. The number of hydrogen-bond donors (Lipinski definition) is 4. The number of carboxylic acids is 1. The molecule has 110 valence electrons. The molecule has 1 atom stereocenters. The summed E-state index contributed by atoms with van der Waals surface area (Å²) in [5.74, 6) is -0.275. The van der Waals surface area contributed by atoms with Gasteiger partial charge in [-0.3, -0.25) is 0 Å². The molecule has 0 saturated heterocycles. The standard InChI is InChI=1S/C16H18N2O2S/c17-14(10-21)9-18-15-7-5-12(6-8-15)11-1-3-13(4-2-11)16(19)20/h1-8,14,18,21H,9-10,17H2,(H,19,20)/t14-/m1/s1. The van der Waals surface area contributed by atoms with Crippen molar-refractivity contribution >= 4 is 24.3 Å². The molecule has 0 aromatic heterocycles. The Labute approximate surface area is 129 Å². The number of hydrogen-bond acceptors (Lipinski definition) is 4. The van der Waals surface area contributed by atoms with E-state index in [0.717, 1.165) is 16.8 Å². The van der Waals surface area contributed by atoms with Gasteiger partial charge in [0.1, 0.15) is 0 Å². The van der Waals surface area contributed by atoms with Crippen LogP contribution in [0.1, 0.15) is 10.4 Å². The number of anilines is 1. The van der Waals surface area contributed by atoms with Gasteiger partial charge in [-0.2, -0.15) is 12.6 Å². The third-order valence-corrected chi connectivity index (χ3v) is 3.62. The van der Waals surface area contributed by atoms with E-state index in [1.165, 1.54) is 0 Å². The summed E-state index contributed by atoms with van der Waals surface area (Å²) in [4.78, 5) is 10.8. The molecule has 0 amide bonds. The van der Waals surface area contributed by atoms with Crippen LogP contribution in [0.25, 0.3) is 11.1 Å². The van der Waals surface area contributed by atoms with Gasteiger partial charge < -0.3 is 16.2 Å². The number of carboxylic acid groups (broad SMARTS) is 1. The Kier molecular flexibility index (Phi) is 5.25. The van der Waals surface area contributed by atoms with Gasteiger partial charge in [0.25, 0.3) is 0 Å². The molecular formula is C16H18N2O2S. The van der Waals surface area contributed by atoms with Crippen molar-refractivity contribution in [3.8, 4) is 11.1 Å². The van der Waals surface area contributed by atoms with E-state index in [-0.39, 0.29) is 11.6 Å². The van der Waals surface area contributed by atoms with E-state index >= 15 is 0 Å². The molecule has 2 aromatic rings. The average molecular weight is 302 g/mol. The number of aromatic carboxylic acids is 1. The molecule has 0 bridgehead atoms. The van der Waals surface area contributed by atoms with Crippen molar-refractivity contribution in [2.75, 3.05) is 17.6 Å². The lowest BCUT2D eigenvalue weighted by molar-refractivity contribution is 0.0697. The quantitative estimate of drug-likeness (QED) is 0.619. The number of carbonyl (C=O) groups is 1. The zero-order chi connectivity index (χ0) is 15.2. The first-order chi connectivity index (χ1) is 10.1. The molecule has 0 saturated carbocycles. The van der Waals surface area contributed by atoms with Crippen LogP contribution in [0.4, 0.5) is 5.69 Å². The fourth-order valence-electron chi connectivity index (χ4n) is 1.90. The molecule has 0 heterocycles. The topological polar surface area (TPSA) is 75.3 Å². The third-order valence-electron chi connectivity index (χ3n) is 3.15. The van der Waals surface area contributed by atoms with Crippen molar-refractivity contribution in [3.63, 3.8) is 0 Å². The van der Waals surface area contributed by atoms with Crippen LogP contribution in [0.2, 0.25) is 0 Å². The summed E-state index contributed by atoms with van der Waals surface area (Å²) in [5, 5.41) is 12.1. The van der Waals surface area contributed by atoms with Crippen LogP contribution in [0.15, 0.2) is 48.5 Å². The summed E-state index contributed by atoms with van der Waals surface area (Å²) in [6.45, 7) is 0.677. The first-order valence-corrected chi connectivity index (χ1v) is 7.27. The largest absolute Gasteiger partial charge is 0.478 e. The molecule has 0 radical (unpaired) electrons. The number of benzene rings is 2. The second-order valence-electron chi connectivity index (χ2n) is 4.78. The summed E-state index contributed by atoms with van der Waals surface area (Å²) in [6.07, 6.45) is 0. The normalized spacial score (nSPS) is 11.9. The highest BCUT2D eigenvalue weighted by Gasteiger charge is 2.04. The van der Waals surface area contributed by atoms with Crippen LogP contribution in [0.5, 0.6) is 0 Å². The molecule has 21 heavy (non-hydrogen) atoms. The van der Waals surface area contributed by atoms with Gasteiger partial charge in [-0.15, -0.1) is 0 Å². The van der Waals surface area contributed by atoms with Crippen molar-refractivity contribution in [3.05, 3.63) is 54.1 Å². The van der Waals surface area contributed by atoms with E-state index in [9.17, 15) is 4.79 Å². The molecule has 5 heteroatoms. The number of nitrogens with two attached hydrogens (primary N) is 1. The molecular weight excluding hydrogens is 284 g/mol. The lowest BCUT2D eigenvalue weighted by Crippen LogP contribution is -2.30. The summed E-state index contributed by atoms with van der Waals surface area (Å²) in [5.41, 5.74) is 9.10. The van der Waals surface area contributed by atoms with Crippen LogP contribution in [0.3, 0.4) is 0 Å². The lowest BCUT2D eigenvalue weighted by atomic mass is 10.0. The summed E-state index contributed by atoms with van der Waals surface area (Å²) in [6, 6.07) is 14.8. The predicted octanol–water partition coefficient (Wildman–Crippen LogP) is 2.72. The maximum Gasteiger partial charge on any atom is 0.335 e. The van der Waals surface area contributed by atoms with Crippen molar-refractivity contribution in [1.82, 2.24) is 0 Å². The molecule has 0 fully saturated rings. The number of rotatable bonds is 6. The minimum absolute atomic E-state index is 0.0246. The minimum atomic E-state index is -0.915. The molecule has 0 aliphatic carbocycles. The second-order valence-corrected chi connectivity index (χ2v) is 5.15. The van der Waals surface area contributed by atoms with Crippen LogP contribution in [0, 0.1) is 0 Å². The summed E-state index contributed by atoms with van der Waals surface area (Å²) < 4.78 is 0. The van der Waals surface area contributed by atoms with Crippen molar-refractivity contribution in [2.45, 2.75) is 6.04 Å². The first-order valence-electron chi connectivity index (χ1n) is 6.64. The molecule has 0 aliphatic heterocycles. The average Bonchev–Trinajstić information content (AvgIpc) is 2.53. The Morgan fingerprint density at radius 3 is 2.10 bits per heavy atom. The number of nitrogens with one attached hydrogen (secondary N) is 1. The van der Waals surface area contributed by atoms with Gasteiger partial charge in [-0.25, -0.2) is 4.79 Å². The Bertz CT molecular complexity index is 597. The summed E-state index contributed by atoms with van der Waals surface area (Å²) >= 11 is 4.14. The Morgan fingerprint density at radius 1 is 1.10 bits per heavy atom. The van der Waals surface area contributed by atoms with Gasteiger partial charge in [0.05, 0.1) is 5.56 Å². The van der Waals surface area contributed by atoms with Crippen LogP contribution in [-0.2, 0) is 0 Å². The van der Waals surface area contributed by atoms with Crippen LogP contribution >= 0.6 is 12.6 Å². The zero-order valence-corrected chi connectivity index (χ0v) is 12.4. The van der Waals surface area contributed by atoms with Gasteiger partial charge in [0, 0.05) is 24.0 Å². The molecule has 0 unspecified atom stereocenters. The SMILES string of the molecule is N[C@@H](CS)CNc1ccc(-c2ccc(C(=O)O)cc2)cc1. The zero-order valence-electron chi connectivity index (χ0n) is 11.5. The highest BCUT2D eigenvalue weighted by Crippen LogP contribution is 2.22. The van der Waals surface area contributed by atoms with Crippen molar-refractivity contribution < 1.29 is 9.90 Å². The van der Waals surface area contributed by atoms with Gasteiger partial charge in [-0.05, 0) is 35.4 Å². The Balaban J connectivity index is 2.06. The maximum atomic E-state index is 10.8. The third kappa shape index (κ3) is 4.24. The van der Waals surface area contributed by atoms with E-state index in [4.69, 9.17) is 10.8 Å². The molecule has 2 rings (SSSR count). The van der Waals surface area contributed by atoms with E-state index in [2.05, 4.69) is 17.9 Å². The van der Waals surface area contributed by atoms with Gasteiger partial charge in [-0.1, -0.05) is 24.3 Å². The van der Waals surface area contributed by atoms with Gasteiger partial charge in [0.15, 0.2) is 0 Å². The molecule has 4 nitrogen and oxygen atoms in total. The van der Waals surface area contributed by atoms with Crippen molar-refractivity contribution in [2.24, 2.45) is 5.73 Å². The van der Waals surface area contributed by atoms with E-state index < -0.39 is 5.97 Å². The summed E-state index contributed by atoms with van der Waals surface area (Å²) in [7, 11) is 0. The highest BCUT2D eigenvalue weighted by molar-refractivity contribution is 7.80. The number of thiol groups is 1. The minimum Gasteiger partial charge on any atom is -0.478 e. The molecule has 4 N–H and O–H groups in total. The Hall–Kier alpha value is -1.98. The smallest absolute Gasteiger partial charge is 0.335 e. The van der Waals surface area contributed by atoms with Crippen LogP contribution in [-0.4, -0.2) is 29.4 Å². The van der Waals surface area contributed by atoms with Gasteiger partial charge >= 0.3 is 5.97 Å². The molecule has 0 aliphatic rings. The predicted molar refractivity (Wildman–Crippen MR) is 89.2 cm³/mol.